The Labute approximate surface area is 179 Å². The number of hydrogen-bond acceptors (Lipinski definition) is 7. The zero-order chi connectivity index (χ0) is 21.8. The van der Waals surface area contributed by atoms with Crippen LogP contribution in [0.4, 0.5) is 0 Å². The van der Waals surface area contributed by atoms with Gasteiger partial charge in [0.05, 0.1) is 35.2 Å². The first-order valence-electron chi connectivity index (χ1n) is 10.2. The molecule has 1 N–H and O–H groups in total. The molecule has 0 spiro atoms. The highest BCUT2D eigenvalue weighted by Crippen LogP contribution is 2.19. The van der Waals surface area contributed by atoms with E-state index in [1.54, 1.807) is 0 Å². The van der Waals surface area contributed by atoms with Crippen molar-refractivity contribution in [3.8, 4) is 0 Å². The van der Waals surface area contributed by atoms with Crippen molar-refractivity contribution in [1.29, 1.82) is 0 Å². The summed E-state index contributed by atoms with van der Waals surface area (Å²) >= 11 is 0. The Hall–Kier alpha value is -1.08. The van der Waals surface area contributed by atoms with Crippen molar-refractivity contribution >= 4 is 20.0 Å². The van der Waals surface area contributed by atoms with Crippen LogP contribution in [-0.4, -0.2) is 90.7 Å². The first-order valence-corrected chi connectivity index (χ1v) is 13.2. The Kier molecular flexibility index (Phi) is 7.88. The van der Waals surface area contributed by atoms with Crippen molar-refractivity contribution in [1.82, 2.24) is 13.9 Å². The molecule has 30 heavy (non-hydrogen) atoms. The maximum Gasteiger partial charge on any atom is 0.243 e. The Bertz CT molecular complexity index is 889. The minimum Gasteiger partial charge on any atom is -0.379 e. The highest BCUT2D eigenvalue weighted by Gasteiger charge is 2.27. The summed E-state index contributed by atoms with van der Waals surface area (Å²) in [4.78, 5) is 2.41. The summed E-state index contributed by atoms with van der Waals surface area (Å²) in [5.74, 6) is 0. The van der Waals surface area contributed by atoms with Crippen LogP contribution in [0.1, 0.15) is 20.3 Å². The molecule has 2 atom stereocenters. The van der Waals surface area contributed by atoms with E-state index in [0.29, 0.717) is 39.3 Å². The summed E-state index contributed by atoms with van der Waals surface area (Å²) in [7, 11) is -7.34. The lowest BCUT2D eigenvalue weighted by Crippen LogP contribution is -2.46. The predicted molar refractivity (Wildman–Crippen MR) is 112 cm³/mol. The third-order valence-electron chi connectivity index (χ3n) is 5.18. The maximum absolute atomic E-state index is 12.6. The van der Waals surface area contributed by atoms with Crippen molar-refractivity contribution in [3.05, 3.63) is 24.3 Å². The van der Waals surface area contributed by atoms with Crippen molar-refractivity contribution in [2.45, 2.75) is 42.3 Å². The molecule has 11 heteroatoms. The molecule has 2 heterocycles. The van der Waals surface area contributed by atoms with E-state index >= 15 is 0 Å². The van der Waals surface area contributed by atoms with E-state index in [1.807, 2.05) is 13.8 Å². The zero-order valence-electron chi connectivity index (χ0n) is 17.5. The van der Waals surface area contributed by atoms with Crippen LogP contribution in [0.25, 0.3) is 0 Å². The van der Waals surface area contributed by atoms with Gasteiger partial charge in [-0.3, -0.25) is 4.90 Å². The van der Waals surface area contributed by atoms with Crippen LogP contribution in [0, 0.1) is 0 Å². The van der Waals surface area contributed by atoms with Crippen LogP contribution in [-0.2, 0) is 29.5 Å². The van der Waals surface area contributed by atoms with Gasteiger partial charge in [-0.1, -0.05) is 0 Å². The third-order valence-corrected chi connectivity index (χ3v) is 8.57. The minimum atomic E-state index is -3.69. The average Bonchev–Trinajstić information content (AvgIpc) is 2.71. The number of ether oxygens (including phenoxy) is 2. The highest BCUT2D eigenvalue weighted by atomic mass is 32.2. The van der Waals surface area contributed by atoms with Crippen molar-refractivity contribution < 1.29 is 26.3 Å². The summed E-state index contributed by atoms with van der Waals surface area (Å²) in [5.41, 5.74) is 0. The number of hydrogen-bond donors (Lipinski definition) is 1. The van der Waals surface area contributed by atoms with E-state index in [1.165, 1.54) is 28.6 Å². The quantitative estimate of drug-likeness (QED) is 0.562. The smallest absolute Gasteiger partial charge is 0.243 e. The second-order valence-corrected chi connectivity index (χ2v) is 11.5. The second-order valence-electron chi connectivity index (χ2n) is 7.76. The standard InChI is InChI=1S/C19H31N3O6S2/c1-16-14-21(15-17(2)28-16)9-3-8-20-29(23,24)18-4-6-19(7-5-18)30(25,26)22-10-12-27-13-11-22/h4-7,16-17,20H,3,8-15H2,1-2H3. The summed E-state index contributed by atoms with van der Waals surface area (Å²) < 4.78 is 65.2. The summed E-state index contributed by atoms with van der Waals surface area (Å²) in [6, 6.07) is 5.35. The summed E-state index contributed by atoms with van der Waals surface area (Å²) in [5, 5.41) is 0. The molecule has 0 aromatic heterocycles. The lowest BCUT2D eigenvalue weighted by Gasteiger charge is -2.35. The fourth-order valence-corrected chi connectivity index (χ4v) is 6.27. The van der Waals surface area contributed by atoms with Gasteiger partial charge >= 0.3 is 0 Å². The van der Waals surface area contributed by atoms with Crippen molar-refractivity contribution in [2.75, 3.05) is 52.5 Å². The van der Waals surface area contributed by atoms with Gasteiger partial charge < -0.3 is 9.47 Å². The van der Waals surface area contributed by atoms with Crippen LogP contribution in [0.15, 0.2) is 34.1 Å². The Morgan fingerprint density at radius 3 is 2.13 bits per heavy atom. The van der Waals surface area contributed by atoms with Gasteiger partial charge in [0.2, 0.25) is 20.0 Å². The second kappa shape index (κ2) is 10.0. The first kappa shape index (κ1) is 23.6. The molecule has 2 aliphatic rings. The number of nitrogens with zero attached hydrogens (tertiary/aromatic N) is 2. The molecule has 1 aromatic rings. The molecule has 3 rings (SSSR count). The van der Waals surface area contributed by atoms with Crippen molar-refractivity contribution in [2.24, 2.45) is 0 Å². The molecule has 2 aliphatic heterocycles. The lowest BCUT2D eigenvalue weighted by molar-refractivity contribution is -0.0679. The molecule has 2 unspecified atom stereocenters. The SMILES string of the molecule is CC1CN(CCCNS(=O)(=O)c2ccc(S(=O)(=O)N3CCOCC3)cc2)CC(C)O1. The molecule has 170 valence electrons. The van der Waals surface area contributed by atoms with Crippen LogP contribution in [0.3, 0.4) is 0 Å². The maximum atomic E-state index is 12.6. The average molecular weight is 462 g/mol. The molecule has 9 nitrogen and oxygen atoms in total. The van der Waals surface area contributed by atoms with E-state index in [-0.39, 0.29) is 22.0 Å². The zero-order valence-corrected chi connectivity index (χ0v) is 19.1. The van der Waals surface area contributed by atoms with Crippen LogP contribution in [0.2, 0.25) is 0 Å². The molecule has 0 radical (unpaired) electrons. The Morgan fingerprint density at radius 2 is 1.53 bits per heavy atom. The molecule has 2 fully saturated rings. The predicted octanol–water partition coefficient (Wildman–Crippen LogP) is 0.485. The first-order chi connectivity index (χ1) is 14.2. The van der Waals surface area contributed by atoms with E-state index < -0.39 is 20.0 Å². The molecule has 1 aromatic carbocycles. The van der Waals surface area contributed by atoms with Gasteiger partial charge in [-0.2, -0.15) is 4.31 Å². The van der Waals surface area contributed by atoms with E-state index in [0.717, 1.165) is 19.6 Å². The minimum absolute atomic E-state index is 0.0528. The molecule has 0 amide bonds. The third kappa shape index (κ3) is 6.00. The molecule has 0 saturated carbocycles. The molecule has 2 saturated heterocycles. The van der Waals surface area contributed by atoms with Gasteiger partial charge in [0.1, 0.15) is 0 Å². The van der Waals surface area contributed by atoms with E-state index in [9.17, 15) is 16.8 Å². The lowest BCUT2D eigenvalue weighted by atomic mass is 10.2. The Balaban J connectivity index is 1.53. The number of rotatable bonds is 8. The molecular formula is C19H31N3O6S2. The van der Waals surface area contributed by atoms with E-state index in [4.69, 9.17) is 9.47 Å². The van der Waals surface area contributed by atoms with Gasteiger partial charge in [-0.15, -0.1) is 0 Å². The van der Waals surface area contributed by atoms with Crippen LogP contribution >= 0.6 is 0 Å². The van der Waals surface area contributed by atoms with Gasteiger partial charge in [0.25, 0.3) is 0 Å². The Morgan fingerprint density at radius 1 is 0.967 bits per heavy atom. The fraction of sp³-hybridized carbons (Fsp3) is 0.684. The molecule has 0 aliphatic carbocycles. The van der Waals surface area contributed by atoms with Crippen LogP contribution < -0.4 is 4.72 Å². The van der Waals surface area contributed by atoms with Crippen LogP contribution in [0.5, 0.6) is 0 Å². The fourth-order valence-electron chi connectivity index (χ4n) is 3.79. The number of morpholine rings is 2. The number of nitrogens with one attached hydrogen (secondary N) is 1. The highest BCUT2D eigenvalue weighted by molar-refractivity contribution is 7.89. The molecular weight excluding hydrogens is 430 g/mol. The largest absolute Gasteiger partial charge is 0.379 e. The van der Waals surface area contributed by atoms with Crippen molar-refractivity contribution in [3.63, 3.8) is 0 Å². The molecule has 0 bridgehead atoms. The normalized spacial score (nSPS) is 24.7. The van der Waals surface area contributed by atoms with Gasteiger partial charge in [0.15, 0.2) is 0 Å². The number of sulfonamides is 2. The topological polar surface area (TPSA) is 105 Å². The summed E-state index contributed by atoms with van der Waals surface area (Å²) in [6.45, 7) is 8.17. The van der Waals surface area contributed by atoms with Gasteiger partial charge in [-0.25, -0.2) is 21.6 Å². The van der Waals surface area contributed by atoms with Gasteiger partial charge in [0, 0.05) is 32.7 Å². The number of benzene rings is 1. The monoisotopic (exact) mass is 461 g/mol. The van der Waals surface area contributed by atoms with Gasteiger partial charge in [-0.05, 0) is 51.1 Å². The summed E-state index contributed by atoms with van der Waals surface area (Å²) in [6.07, 6.45) is 1.04. The van der Waals surface area contributed by atoms with E-state index in [2.05, 4.69) is 9.62 Å².